The zero-order valence-electron chi connectivity index (χ0n) is 12.8. The summed E-state index contributed by atoms with van der Waals surface area (Å²) in [6.07, 6.45) is 1.08. The smallest absolute Gasteiger partial charge is 0.325 e. The lowest BCUT2D eigenvalue weighted by Gasteiger charge is -2.37. The van der Waals surface area contributed by atoms with Gasteiger partial charge in [-0.15, -0.1) is 0 Å². The Kier molecular flexibility index (Phi) is 4.32. The third kappa shape index (κ3) is 3.07. The monoisotopic (exact) mass is 321 g/mol. The van der Waals surface area contributed by atoms with E-state index in [1.54, 1.807) is 12.1 Å². The van der Waals surface area contributed by atoms with E-state index >= 15 is 0 Å². The molecule has 0 aliphatic carbocycles. The van der Waals surface area contributed by atoms with Crippen molar-refractivity contribution < 1.29 is 19.1 Å². The molecule has 2 saturated heterocycles. The fraction of sp³-hybridized carbons (Fsp3) is 0.500. The highest BCUT2D eigenvalue weighted by Crippen LogP contribution is 2.29. The summed E-state index contributed by atoms with van der Waals surface area (Å²) in [7, 11) is 0. The number of imide groups is 1. The third-order valence-electron chi connectivity index (χ3n) is 4.60. The van der Waals surface area contributed by atoms with Crippen LogP contribution in [0.5, 0.6) is 0 Å². The van der Waals surface area contributed by atoms with Gasteiger partial charge in [0.15, 0.2) is 0 Å². The maximum atomic E-state index is 12.9. The first-order chi connectivity index (χ1) is 11.0. The molecular formula is C16H20FN3O3. The van der Waals surface area contributed by atoms with E-state index in [0.717, 1.165) is 10.5 Å². The van der Waals surface area contributed by atoms with Gasteiger partial charge in [0.1, 0.15) is 11.4 Å². The maximum absolute atomic E-state index is 12.9. The van der Waals surface area contributed by atoms with Crippen LogP contribution in [0.2, 0.25) is 0 Å². The molecule has 3 amide bonds. The van der Waals surface area contributed by atoms with Gasteiger partial charge >= 0.3 is 6.03 Å². The number of urea groups is 1. The van der Waals surface area contributed by atoms with Gasteiger partial charge < -0.3 is 10.4 Å². The van der Waals surface area contributed by atoms with Crippen molar-refractivity contribution in [3.63, 3.8) is 0 Å². The second-order valence-corrected chi connectivity index (χ2v) is 6.10. The Labute approximate surface area is 133 Å². The van der Waals surface area contributed by atoms with Crippen LogP contribution in [0.1, 0.15) is 18.4 Å². The quantitative estimate of drug-likeness (QED) is 0.801. The summed E-state index contributed by atoms with van der Waals surface area (Å²) in [6.45, 7) is 1.85. The van der Waals surface area contributed by atoms with Crippen molar-refractivity contribution in [1.82, 2.24) is 15.1 Å². The molecule has 0 unspecified atom stereocenters. The zero-order chi connectivity index (χ0) is 16.4. The lowest BCUT2D eigenvalue weighted by Crippen LogP contribution is -2.54. The van der Waals surface area contributed by atoms with Crippen molar-refractivity contribution in [2.24, 2.45) is 0 Å². The SMILES string of the molecule is O=C1NC2(CCN(Cc3ccc(F)cc3)CC2)C(=O)N1CCO. The van der Waals surface area contributed by atoms with Gasteiger partial charge in [-0.2, -0.15) is 0 Å². The molecule has 1 spiro atoms. The number of carbonyl (C=O) groups is 2. The highest BCUT2D eigenvalue weighted by molar-refractivity contribution is 6.07. The Hall–Kier alpha value is -1.99. The fourth-order valence-electron chi connectivity index (χ4n) is 3.26. The van der Waals surface area contributed by atoms with Crippen LogP contribution < -0.4 is 5.32 Å². The van der Waals surface area contributed by atoms with E-state index in [9.17, 15) is 14.0 Å². The summed E-state index contributed by atoms with van der Waals surface area (Å²) >= 11 is 0. The number of nitrogens with zero attached hydrogens (tertiary/aromatic N) is 2. The lowest BCUT2D eigenvalue weighted by atomic mass is 9.87. The molecule has 0 saturated carbocycles. The number of β-amino-alcohol motifs (C(OH)–C–C–N with tert-alkyl or cyclic N) is 1. The van der Waals surface area contributed by atoms with Crippen LogP contribution in [0.15, 0.2) is 24.3 Å². The minimum Gasteiger partial charge on any atom is -0.395 e. The van der Waals surface area contributed by atoms with Crippen LogP contribution >= 0.6 is 0 Å². The molecule has 2 fully saturated rings. The first-order valence-electron chi connectivity index (χ1n) is 7.76. The number of aliphatic hydroxyl groups is 1. The second kappa shape index (κ2) is 6.25. The van der Waals surface area contributed by atoms with Crippen molar-refractivity contribution in [1.29, 1.82) is 0 Å². The van der Waals surface area contributed by atoms with E-state index < -0.39 is 11.6 Å². The normalized spacial score (nSPS) is 21.0. The summed E-state index contributed by atoms with van der Waals surface area (Å²) < 4.78 is 12.9. The van der Waals surface area contributed by atoms with Crippen LogP contribution in [0.25, 0.3) is 0 Å². The molecule has 0 radical (unpaired) electrons. The van der Waals surface area contributed by atoms with E-state index in [1.807, 2.05) is 0 Å². The number of likely N-dealkylation sites (tertiary alicyclic amines) is 1. The zero-order valence-corrected chi connectivity index (χ0v) is 12.8. The minimum absolute atomic E-state index is 0.0334. The Morgan fingerprint density at radius 1 is 1.17 bits per heavy atom. The van der Waals surface area contributed by atoms with E-state index in [2.05, 4.69) is 10.2 Å². The molecule has 23 heavy (non-hydrogen) atoms. The molecule has 3 rings (SSSR count). The predicted molar refractivity (Wildman–Crippen MR) is 81.0 cm³/mol. The number of benzene rings is 1. The third-order valence-corrected chi connectivity index (χ3v) is 4.60. The largest absolute Gasteiger partial charge is 0.395 e. The number of carbonyl (C=O) groups excluding carboxylic acids is 2. The van der Waals surface area contributed by atoms with Gasteiger partial charge in [0.05, 0.1) is 13.2 Å². The van der Waals surface area contributed by atoms with Crippen molar-refractivity contribution in [3.8, 4) is 0 Å². The molecule has 6 nitrogen and oxygen atoms in total. The molecule has 0 aromatic heterocycles. The molecular weight excluding hydrogens is 301 g/mol. The van der Waals surface area contributed by atoms with E-state index in [0.29, 0.717) is 32.5 Å². The number of aliphatic hydroxyl groups excluding tert-OH is 1. The Morgan fingerprint density at radius 2 is 1.83 bits per heavy atom. The van der Waals surface area contributed by atoms with Gasteiger partial charge in [0, 0.05) is 19.6 Å². The van der Waals surface area contributed by atoms with Crippen molar-refractivity contribution in [3.05, 3.63) is 35.6 Å². The van der Waals surface area contributed by atoms with Crippen molar-refractivity contribution in [2.45, 2.75) is 24.9 Å². The van der Waals surface area contributed by atoms with Gasteiger partial charge in [-0.3, -0.25) is 14.6 Å². The minimum atomic E-state index is -0.828. The molecule has 7 heteroatoms. The van der Waals surface area contributed by atoms with E-state index in [-0.39, 0.29) is 24.9 Å². The highest BCUT2D eigenvalue weighted by Gasteiger charge is 2.51. The number of hydrogen-bond acceptors (Lipinski definition) is 4. The van der Waals surface area contributed by atoms with E-state index in [4.69, 9.17) is 5.11 Å². The first-order valence-corrected chi connectivity index (χ1v) is 7.76. The molecule has 2 aliphatic heterocycles. The maximum Gasteiger partial charge on any atom is 0.325 e. The van der Waals surface area contributed by atoms with Crippen LogP contribution in [0.3, 0.4) is 0 Å². The van der Waals surface area contributed by atoms with Gasteiger partial charge in [-0.1, -0.05) is 12.1 Å². The van der Waals surface area contributed by atoms with Gasteiger partial charge in [-0.05, 0) is 30.5 Å². The number of rotatable bonds is 4. The molecule has 1 aromatic carbocycles. The van der Waals surface area contributed by atoms with Gasteiger partial charge in [-0.25, -0.2) is 9.18 Å². The number of halogens is 1. The summed E-state index contributed by atoms with van der Waals surface area (Å²) in [5.74, 6) is -0.493. The van der Waals surface area contributed by atoms with Crippen LogP contribution in [-0.4, -0.2) is 58.6 Å². The lowest BCUT2D eigenvalue weighted by molar-refractivity contribution is -0.133. The van der Waals surface area contributed by atoms with Crippen molar-refractivity contribution in [2.75, 3.05) is 26.2 Å². The fourth-order valence-corrected chi connectivity index (χ4v) is 3.26. The van der Waals surface area contributed by atoms with Gasteiger partial charge in [0.2, 0.25) is 0 Å². The first kappa shape index (κ1) is 15.9. The topological polar surface area (TPSA) is 72.9 Å². The van der Waals surface area contributed by atoms with Crippen LogP contribution in [0, 0.1) is 5.82 Å². The average Bonchev–Trinajstić information content (AvgIpc) is 2.77. The number of hydrogen-bond donors (Lipinski definition) is 2. The molecule has 0 bridgehead atoms. The number of nitrogens with one attached hydrogen (secondary N) is 1. The molecule has 2 N–H and O–H groups in total. The molecule has 1 aromatic rings. The second-order valence-electron chi connectivity index (χ2n) is 6.10. The highest BCUT2D eigenvalue weighted by atomic mass is 19.1. The summed E-state index contributed by atoms with van der Waals surface area (Å²) in [5, 5.41) is 11.8. The molecule has 2 heterocycles. The summed E-state index contributed by atoms with van der Waals surface area (Å²) in [4.78, 5) is 27.6. The number of piperidine rings is 1. The average molecular weight is 321 g/mol. The van der Waals surface area contributed by atoms with Crippen LogP contribution in [-0.2, 0) is 11.3 Å². The Balaban J connectivity index is 1.61. The summed E-state index contributed by atoms with van der Waals surface area (Å²) in [6, 6.07) is 5.97. The Bertz CT molecular complexity index is 597. The van der Waals surface area contributed by atoms with Gasteiger partial charge in [0.25, 0.3) is 5.91 Å². The molecule has 0 atom stereocenters. The molecule has 2 aliphatic rings. The standard InChI is InChI=1S/C16H20FN3O3/c17-13-3-1-12(2-4-13)11-19-7-5-16(6-8-19)14(22)20(9-10-21)15(23)18-16/h1-4,21H,5-11H2,(H,18,23). The predicted octanol–water partition coefficient (Wildman–Crippen LogP) is 0.704. The Morgan fingerprint density at radius 3 is 2.43 bits per heavy atom. The van der Waals surface area contributed by atoms with E-state index in [1.165, 1.54) is 12.1 Å². The summed E-state index contributed by atoms with van der Waals surface area (Å²) in [5.41, 5.74) is 0.192. The van der Waals surface area contributed by atoms with Crippen molar-refractivity contribution >= 4 is 11.9 Å². The molecule has 124 valence electrons. The number of amides is 3. The van der Waals surface area contributed by atoms with Crippen LogP contribution in [0.4, 0.5) is 9.18 Å².